The Bertz CT molecular complexity index is 1120. The van der Waals surface area contributed by atoms with Crippen molar-refractivity contribution >= 4 is 23.2 Å². The summed E-state index contributed by atoms with van der Waals surface area (Å²) in [5.41, 5.74) is 0.731. The monoisotopic (exact) mass is 493 g/mol. The first-order chi connectivity index (χ1) is 16.2. The minimum Gasteiger partial charge on any atom is -0.493 e. The highest BCUT2D eigenvalue weighted by Gasteiger charge is 2.32. The summed E-state index contributed by atoms with van der Waals surface area (Å²) in [6, 6.07) is 16.8. The molecule has 0 heterocycles. The molecule has 0 aliphatic rings. The van der Waals surface area contributed by atoms with Crippen LogP contribution in [-0.4, -0.2) is 26.7 Å². The Labute approximate surface area is 200 Å². The lowest BCUT2D eigenvalue weighted by Gasteiger charge is -2.18. The fourth-order valence-electron chi connectivity index (χ4n) is 3.52. The van der Waals surface area contributed by atoms with Gasteiger partial charge >= 0.3 is 6.18 Å². The molecule has 34 heavy (non-hydrogen) atoms. The standard InChI is InChI=1S/C25H24ClF3N2O3/c1-33-21-11-8-16(14-22(21)34-2)12-13-30-23(17-6-4-3-5-7-17)24(32)31-20-15-18(25(27,28)29)9-10-19(20)26/h3-11,14-15,23,30H,12-13H2,1-2H3,(H,31,32)/p+1/t23-/m1/s1. The number of benzene rings is 3. The number of nitrogens with two attached hydrogens (primary N) is 1. The minimum absolute atomic E-state index is 0.0264. The molecule has 0 unspecified atom stereocenters. The normalized spacial score (nSPS) is 12.2. The average Bonchev–Trinajstić information content (AvgIpc) is 2.82. The van der Waals surface area contributed by atoms with Crippen LogP contribution in [0.5, 0.6) is 11.5 Å². The lowest BCUT2D eigenvalue weighted by molar-refractivity contribution is -0.682. The van der Waals surface area contributed by atoms with Crippen LogP contribution in [-0.2, 0) is 17.4 Å². The Balaban J connectivity index is 1.76. The Morgan fingerprint density at radius 1 is 1.00 bits per heavy atom. The van der Waals surface area contributed by atoms with Gasteiger partial charge in [0.2, 0.25) is 0 Å². The Hall–Kier alpha value is -3.23. The van der Waals surface area contributed by atoms with Crippen molar-refractivity contribution in [3.8, 4) is 11.5 Å². The summed E-state index contributed by atoms with van der Waals surface area (Å²) in [5, 5.41) is 4.43. The van der Waals surface area contributed by atoms with Crippen molar-refractivity contribution in [2.75, 3.05) is 26.1 Å². The van der Waals surface area contributed by atoms with Crippen LogP contribution in [0.1, 0.15) is 22.7 Å². The molecule has 3 aromatic carbocycles. The lowest BCUT2D eigenvalue weighted by Crippen LogP contribution is -2.87. The Morgan fingerprint density at radius 2 is 1.71 bits per heavy atom. The van der Waals surface area contributed by atoms with E-state index in [-0.39, 0.29) is 10.7 Å². The first kappa shape index (κ1) is 25.4. The van der Waals surface area contributed by atoms with Gasteiger partial charge in [0.15, 0.2) is 17.5 Å². The highest BCUT2D eigenvalue weighted by molar-refractivity contribution is 6.33. The van der Waals surface area contributed by atoms with Gasteiger partial charge in [-0.05, 0) is 35.9 Å². The summed E-state index contributed by atoms with van der Waals surface area (Å²) < 4.78 is 49.9. The van der Waals surface area contributed by atoms with E-state index in [1.54, 1.807) is 38.5 Å². The van der Waals surface area contributed by atoms with E-state index >= 15 is 0 Å². The predicted octanol–water partition coefficient (Wildman–Crippen LogP) is 4.86. The zero-order valence-corrected chi connectivity index (χ0v) is 19.4. The first-order valence-electron chi connectivity index (χ1n) is 10.5. The number of methoxy groups -OCH3 is 2. The Kier molecular flexibility index (Phi) is 8.41. The second-order valence-corrected chi connectivity index (χ2v) is 7.94. The molecule has 0 aliphatic heterocycles. The van der Waals surface area contributed by atoms with Gasteiger partial charge in [-0.3, -0.25) is 4.79 Å². The van der Waals surface area contributed by atoms with Crippen LogP contribution in [0.25, 0.3) is 0 Å². The number of hydrogen-bond donors (Lipinski definition) is 2. The zero-order valence-electron chi connectivity index (χ0n) is 18.7. The fraction of sp³-hybridized carbons (Fsp3) is 0.240. The van der Waals surface area contributed by atoms with Crippen LogP contribution >= 0.6 is 11.6 Å². The summed E-state index contributed by atoms with van der Waals surface area (Å²) in [4.78, 5) is 13.1. The maximum atomic E-state index is 13.1. The van der Waals surface area contributed by atoms with E-state index in [1.165, 1.54) is 0 Å². The van der Waals surface area contributed by atoms with Gasteiger partial charge in [-0.25, -0.2) is 0 Å². The van der Waals surface area contributed by atoms with Gasteiger partial charge in [0.05, 0.1) is 37.0 Å². The molecule has 3 aromatic rings. The average molecular weight is 494 g/mol. The smallest absolute Gasteiger partial charge is 0.416 e. The number of quaternary nitrogens is 1. The number of carbonyl (C=O) groups excluding carboxylic acids is 1. The second kappa shape index (κ2) is 11.3. The van der Waals surface area contributed by atoms with Gasteiger partial charge < -0.3 is 20.1 Å². The zero-order chi connectivity index (χ0) is 24.7. The van der Waals surface area contributed by atoms with E-state index in [0.29, 0.717) is 24.5 Å². The second-order valence-electron chi connectivity index (χ2n) is 7.53. The third-order valence-corrected chi connectivity index (χ3v) is 5.61. The van der Waals surface area contributed by atoms with Gasteiger partial charge in [-0.1, -0.05) is 48.0 Å². The van der Waals surface area contributed by atoms with E-state index in [0.717, 1.165) is 29.3 Å². The van der Waals surface area contributed by atoms with Crippen molar-refractivity contribution in [1.82, 2.24) is 0 Å². The fourth-order valence-corrected chi connectivity index (χ4v) is 3.68. The molecule has 0 bridgehead atoms. The minimum atomic E-state index is -4.55. The van der Waals surface area contributed by atoms with Crippen molar-refractivity contribution < 1.29 is 32.8 Å². The number of amides is 1. The first-order valence-corrected chi connectivity index (χ1v) is 10.9. The number of halogens is 4. The molecular weight excluding hydrogens is 469 g/mol. The maximum Gasteiger partial charge on any atom is 0.416 e. The molecule has 0 aliphatic carbocycles. The maximum absolute atomic E-state index is 13.1. The summed E-state index contributed by atoms with van der Waals surface area (Å²) >= 11 is 6.06. The van der Waals surface area contributed by atoms with Gasteiger partial charge in [0.25, 0.3) is 5.91 Å². The third-order valence-electron chi connectivity index (χ3n) is 5.28. The lowest BCUT2D eigenvalue weighted by atomic mass is 10.0. The number of nitrogens with one attached hydrogen (secondary N) is 1. The van der Waals surface area contributed by atoms with Crippen molar-refractivity contribution in [2.24, 2.45) is 0 Å². The molecule has 1 atom stereocenters. The number of carbonyl (C=O) groups is 1. The number of ether oxygens (including phenoxy) is 2. The molecule has 9 heteroatoms. The molecule has 0 saturated carbocycles. The molecule has 3 rings (SSSR count). The molecule has 1 amide bonds. The highest BCUT2D eigenvalue weighted by Crippen LogP contribution is 2.34. The van der Waals surface area contributed by atoms with Crippen LogP contribution < -0.4 is 20.1 Å². The molecule has 5 nitrogen and oxygen atoms in total. The summed E-state index contributed by atoms with van der Waals surface area (Å²) in [5.74, 6) is 0.756. The highest BCUT2D eigenvalue weighted by atomic mass is 35.5. The third kappa shape index (κ3) is 6.42. The van der Waals surface area contributed by atoms with Crippen molar-refractivity contribution in [2.45, 2.75) is 18.6 Å². The van der Waals surface area contributed by atoms with Crippen LogP contribution in [0.3, 0.4) is 0 Å². The molecule has 0 radical (unpaired) electrons. The molecule has 3 N–H and O–H groups in total. The van der Waals surface area contributed by atoms with E-state index < -0.39 is 23.7 Å². The van der Waals surface area contributed by atoms with Crippen molar-refractivity contribution in [3.63, 3.8) is 0 Å². The van der Waals surface area contributed by atoms with E-state index in [1.807, 2.05) is 29.6 Å². The number of hydrogen-bond acceptors (Lipinski definition) is 3. The van der Waals surface area contributed by atoms with E-state index in [9.17, 15) is 18.0 Å². The Morgan fingerprint density at radius 3 is 2.35 bits per heavy atom. The van der Waals surface area contributed by atoms with Gasteiger partial charge in [0.1, 0.15) is 0 Å². The molecular formula is C25H25ClF3N2O3+. The molecule has 0 spiro atoms. The topological polar surface area (TPSA) is 64.2 Å². The quantitative estimate of drug-likeness (QED) is 0.447. The largest absolute Gasteiger partial charge is 0.493 e. The van der Waals surface area contributed by atoms with Crippen LogP contribution in [0.15, 0.2) is 66.7 Å². The van der Waals surface area contributed by atoms with E-state index in [4.69, 9.17) is 21.1 Å². The molecule has 0 fully saturated rings. The van der Waals surface area contributed by atoms with Crippen LogP contribution in [0, 0.1) is 0 Å². The van der Waals surface area contributed by atoms with Crippen LogP contribution in [0.4, 0.5) is 18.9 Å². The van der Waals surface area contributed by atoms with Crippen molar-refractivity contribution in [3.05, 3.63) is 88.4 Å². The molecule has 0 saturated heterocycles. The van der Waals surface area contributed by atoms with E-state index in [2.05, 4.69) is 5.32 Å². The summed E-state index contributed by atoms with van der Waals surface area (Å²) in [7, 11) is 3.12. The van der Waals surface area contributed by atoms with Gasteiger partial charge in [-0.15, -0.1) is 0 Å². The molecule has 0 aromatic heterocycles. The predicted molar refractivity (Wildman–Crippen MR) is 124 cm³/mol. The number of alkyl halides is 3. The summed E-state index contributed by atoms with van der Waals surface area (Å²) in [6.45, 7) is 0.540. The van der Waals surface area contributed by atoms with Crippen LogP contribution in [0.2, 0.25) is 5.02 Å². The van der Waals surface area contributed by atoms with Gasteiger partial charge in [-0.2, -0.15) is 13.2 Å². The number of rotatable bonds is 9. The molecule has 180 valence electrons. The van der Waals surface area contributed by atoms with Crippen molar-refractivity contribution in [1.29, 1.82) is 0 Å². The summed E-state index contributed by atoms with van der Waals surface area (Å²) in [6.07, 6.45) is -3.92. The SMILES string of the molecule is COc1ccc(CC[NH2+][C@@H](C(=O)Nc2cc(C(F)(F)F)ccc2Cl)c2ccccc2)cc1OC. The number of anilines is 1. The van der Waals surface area contributed by atoms with Gasteiger partial charge in [0, 0.05) is 12.0 Å².